The van der Waals surface area contributed by atoms with Gasteiger partial charge in [0.25, 0.3) is 0 Å². The number of aliphatic hydroxyl groups excluding tert-OH is 1. The number of rotatable bonds is 27. The van der Waals surface area contributed by atoms with E-state index in [2.05, 4.69) is 42.9 Å². The number of nitrogens with two attached hydrogens (primary N) is 1. The Morgan fingerprint density at radius 2 is 1.52 bits per heavy atom. The van der Waals surface area contributed by atoms with E-state index in [4.69, 9.17) is 10.3 Å². The fourth-order valence-corrected chi connectivity index (χ4v) is 7.84. The van der Waals surface area contributed by atoms with Gasteiger partial charge in [-0.15, -0.1) is 0 Å². The van der Waals surface area contributed by atoms with E-state index in [-0.39, 0.29) is 24.7 Å². The van der Waals surface area contributed by atoms with Crippen molar-refractivity contribution < 1.29 is 52.4 Å². The maximum absolute atomic E-state index is 14.1. The predicted octanol–water partition coefficient (Wildman–Crippen LogP) is 1.63. The van der Waals surface area contributed by atoms with Gasteiger partial charge in [-0.2, -0.15) is 0 Å². The van der Waals surface area contributed by atoms with Gasteiger partial charge >= 0.3 is 7.82 Å². The van der Waals surface area contributed by atoms with Crippen molar-refractivity contribution in [2.24, 2.45) is 11.7 Å². The smallest absolute Gasteiger partial charge is 0.394 e. The Morgan fingerprint density at radius 1 is 0.902 bits per heavy atom. The highest BCUT2D eigenvalue weighted by Gasteiger charge is 2.37. The number of carbonyl (C=O) groups is 6. The number of carbonyl (C=O) groups excluding carboxylic acids is 6. The zero-order valence-electron chi connectivity index (χ0n) is 35.9. The highest BCUT2D eigenvalue weighted by molar-refractivity contribution is 7.47. The van der Waals surface area contributed by atoms with Crippen LogP contribution in [0.2, 0.25) is 0 Å². The summed E-state index contributed by atoms with van der Waals surface area (Å²) in [6.07, 6.45) is 10.1. The van der Waals surface area contributed by atoms with E-state index in [1.54, 1.807) is 12.5 Å². The number of phosphoric ester groups is 1. The van der Waals surface area contributed by atoms with E-state index in [9.17, 15) is 43.3 Å². The number of aromatic nitrogens is 2. The maximum atomic E-state index is 14.1. The Bertz CT molecular complexity index is 1800. The molecule has 7 atom stereocenters. The molecule has 1 fully saturated rings. The molecule has 2 heterocycles. The van der Waals surface area contributed by atoms with Gasteiger partial charge < -0.3 is 46.5 Å². The third kappa shape index (κ3) is 17.0. The summed E-state index contributed by atoms with van der Waals surface area (Å²) >= 11 is 0. The van der Waals surface area contributed by atoms with Crippen molar-refractivity contribution in [3.63, 3.8) is 0 Å². The minimum Gasteiger partial charge on any atom is -0.394 e. The first kappa shape index (κ1) is 50.7. The standard InChI is InChI=1S/C41H65N8O11P/c1-27(2)22-32(45-41(56)35-19-15-21-49(35)29(4)51)38(53)44-33(39(54)46-34(25-50)40(55)47-36(37(42)52)28(3)60-61(57,58)59-5)23-31-24-43-26-48(31)20-14-9-7-6-8-11-16-30-17-12-10-13-18-30/h10,12-13,17-18,24,26-28,32-36,50H,6-9,11,14-16,19-23,25H2,1-5H3,(H2,42,52)(H,44,53)(H,45,56)(H,46,54)(H,47,55)(H,57,58)/t28-,32+,33+,34+,35+,36+/m1/s1. The molecule has 0 aliphatic carbocycles. The molecule has 0 spiro atoms. The van der Waals surface area contributed by atoms with Crippen molar-refractivity contribution in [3.05, 3.63) is 54.1 Å². The molecular formula is C41H65N8O11P. The summed E-state index contributed by atoms with van der Waals surface area (Å²) in [5.41, 5.74) is 7.35. The van der Waals surface area contributed by atoms with Gasteiger partial charge in [-0.05, 0) is 56.9 Å². The van der Waals surface area contributed by atoms with Gasteiger partial charge in [-0.1, -0.05) is 69.9 Å². The lowest BCUT2D eigenvalue weighted by Gasteiger charge is -2.28. The van der Waals surface area contributed by atoms with Gasteiger partial charge in [-0.3, -0.25) is 37.8 Å². The van der Waals surface area contributed by atoms with Gasteiger partial charge in [-0.25, -0.2) is 9.55 Å². The van der Waals surface area contributed by atoms with Gasteiger partial charge in [0.1, 0.15) is 30.2 Å². The molecule has 8 N–H and O–H groups in total. The van der Waals surface area contributed by atoms with Crippen LogP contribution in [0, 0.1) is 5.92 Å². The molecule has 1 aliphatic heterocycles. The zero-order valence-corrected chi connectivity index (χ0v) is 36.8. The van der Waals surface area contributed by atoms with Crippen LogP contribution in [0.15, 0.2) is 42.9 Å². The molecule has 1 aliphatic rings. The van der Waals surface area contributed by atoms with Gasteiger partial charge in [0.05, 0.1) is 19.0 Å². The van der Waals surface area contributed by atoms with Crippen molar-refractivity contribution >= 4 is 43.3 Å². The first-order chi connectivity index (χ1) is 29.0. The second kappa shape index (κ2) is 25.3. The molecule has 1 aromatic heterocycles. The van der Waals surface area contributed by atoms with Gasteiger partial charge in [0.15, 0.2) is 0 Å². The lowest BCUT2D eigenvalue weighted by Crippen LogP contribution is -2.61. The van der Waals surface area contributed by atoms with Crippen molar-refractivity contribution in [1.82, 2.24) is 35.7 Å². The number of hydrogen-bond donors (Lipinski definition) is 7. The van der Waals surface area contributed by atoms with Crippen molar-refractivity contribution in [2.75, 3.05) is 20.3 Å². The van der Waals surface area contributed by atoms with Crippen molar-refractivity contribution in [1.29, 1.82) is 0 Å². The highest BCUT2D eigenvalue weighted by atomic mass is 31.2. The monoisotopic (exact) mass is 876 g/mol. The number of imidazole rings is 1. The van der Waals surface area contributed by atoms with E-state index in [1.807, 2.05) is 36.6 Å². The third-order valence-electron chi connectivity index (χ3n) is 10.5. The van der Waals surface area contributed by atoms with E-state index in [0.29, 0.717) is 31.6 Å². The molecule has 61 heavy (non-hydrogen) atoms. The topological polar surface area (TPSA) is 274 Å². The molecule has 0 bridgehead atoms. The summed E-state index contributed by atoms with van der Waals surface area (Å²) in [7, 11) is -3.71. The van der Waals surface area contributed by atoms with Crippen LogP contribution >= 0.6 is 7.82 Å². The van der Waals surface area contributed by atoms with Gasteiger partial charge in [0.2, 0.25) is 35.4 Å². The molecule has 1 unspecified atom stereocenters. The first-order valence-electron chi connectivity index (χ1n) is 20.9. The number of hydrogen-bond acceptors (Lipinski definition) is 11. The molecule has 20 heteroatoms. The summed E-state index contributed by atoms with van der Waals surface area (Å²) in [6, 6.07) is 3.79. The van der Waals surface area contributed by atoms with Crippen LogP contribution in [-0.2, 0) is 61.8 Å². The molecule has 1 aromatic carbocycles. The number of aliphatic hydroxyl groups is 1. The summed E-state index contributed by atoms with van der Waals surface area (Å²) in [6.45, 7) is 6.33. The Kier molecular flexibility index (Phi) is 21.0. The lowest BCUT2D eigenvalue weighted by atomic mass is 10.0. The van der Waals surface area contributed by atoms with Crippen LogP contribution < -0.4 is 27.0 Å². The van der Waals surface area contributed by atoms with Crippen LogP contribution in [0.3, 0.4) is 0 Å². The molecule has 0 radical (unpaired) electrons. The quantitative estimate of drug-likeness (QED) is 0.0499. The van der Waals surface area contributed by atoms with E-state index in [0.717, 1.165) is 52.1 Å². The van der Waals surface area contributed by atoms with Crippen molar-refractivity contribution in [3.8, 4) is 0 Å². The minimum atomic E-state index is -4.61. The predicted molar refractivity (Wildman–Crippen MR) is 225 cm³/mol. The number of primary amides is 1. The van der Waals surface area contributed by atoms with Crippen molar-refractivity contribution in [2.45, 2.75) is 141 Å². The summed E-state index contributed by atoms with van der Waals surface area (Å²) in [5.74, 6) is -4.65. The maximum Gasteiger partial charge on any atom is 0.472 e. The Balaban J connectivity index is 1.77. The molecule has 3 rings (SSSR count). The summed E-state index contributed by atoms with van der Waals surface area (Å²) in [5, 5.41) is 20.4. The average molecular weight is 877 g/mol. The van der Waals surface area contributed by atoms with E-state index in [1.165, 1.54) is 24.3 Å². The third-order valence-corrected chi connectivity index (χ3v) is 11.6. The number of nitrogens with zero attached hydrogens (tertiary/aromatic N) is 3. The Hall–Kier alpha value is -4.68. The fourth-order valence-electron chi connectivity index (χ4n) is 7.21. The molecule has 0 saturated carbocycles. The van der Waals surface area contributed by atoms with Crippen LogP contribution in [0.4, 0.5) is 0 Å². The molecule has 2 aromatic rings. The second-order valence-corrected chi connectivity index (χ2v) is 17.4. The van der Waals surface area contributed by atoms with Gasteiger partial charge in [0, 0.05) is 45.4 Å². The number of benzene rings is 1. The normalized spacial score (nSPS) is 17.4. The number of nitrogens with one attached hydrogen (secondary N) is 4. The lowest BCUT2D eigenvalue weighted by molar-refractivity contribution is -0.139. The largest absolute Gasteiger partial charge is 0.472 e. The molecule has 1 saturated heterocycles. The number of likely N-dealkylation sites (tertiary alicyclic amines) is 1. The fraction of sp³-hybridized carbons (Fsp3) is 0.634. The number of phosphoric acid groups is 1. The number of amides is 6. The molecule has 19 nitrogen and oxygen atoms in total. The van der Waals surface area contributed by atoms with Crippen LogP contribution in [0.25, 0.3) is 0 Å². The molecular weight excluding hydrogens is 811 g/mol. The zero-order chi connectivity index (χ0) is 45.1. The number of aryl methyl sites for hydroxylation is 2. The highest BCUT2D eigenvalue weighted by Crippen LogP contribution is 2.43. The Labute approximate surface area is 357 Å². The van der Waals surface area contributed by atoms with Crippen LogP contribution in [0.1, 0.15) is 96.7 Å². The first-order valence-corrected chi connectivity index (χ1v) is 22.4. The second-order valence-electron chi connectivity index (χ2n) is 15.9. The Morgan fingerprint density at radius 3 is 2.15 bits per heavy atom. The van der Waals surface area contributed by atoms with E-state index >= 15 is 0 Å². The van der Waals surface area contributed by atoms with Crippen LogP contribution in [-0.4, -0.2) is 116 Å². The summed E-state index contributed by atoms with van der Waals surface area (Å²) < 4.78 is 23.1. The summed E-state index contributed by atoms with van der Waals surface area (Å²) in [4.78, 5) is 94.8. The SMILES string of the molecule is COP(=O)(O)O[C@H](C)[C@H](NC(=O)[C@H](CO)NC(=O)[C@H](Cc1cncn1CCCCCCCCc1ccccc1)NC(=O)[C@H](CC(C)C)NC(=O)[C@@H]1CCCN1C(C)=O)C(N)=O. The van der Waals surface area contributed by atoms with Crippen LogP contribution in [0.5, 0.6) is 0 Å². The number of unbranched alkanes of at least 4 members (excludes halogenated alkanes) is 5. The molecule has 340 valence electrons. The molecule has 6 amide bonds. The van der Waals surface area contributed by atoms with E-state index < -0.39 is 80.3 Å². The average Bonchev–Trinajstić information content (AvgIpc) is 3.89. The minimum absolute atomic E-state index is 0.0724.